The molecular weight excluding hydrogens is 327 g/mol. The van der Waals surface area contributed by atoms with Crippen LogP contribution in [0.25, 0.3) is 11.1 Å². The molecule has 0 saturated carbocycles. The predicted molar refractivity (Wildman–Crippen MR) is 102 cm³/mol. The van der Waals surface area contributed by atoms with Crippen LogP contribution in [0.3, 0.4) is 0 Å². The molecule has 2 aromatic carbocycles. The summed E-state index contributed by atoms with van der Waals surface area (Å²) in [5.74, 6) is 6.43. The van der Waals surface area contributed by atoms with Crippen molar-refractivity contribution in [2.75, 3.05) is 13.2 Å². The molecule has 0 atom stereocenters. The second-order valence-electron chi connectivity index (χ2n) is 6.71. The van der Waals surface area contributed by atoms with Gasteiger partial charge in [0.25, 0.3) is 0 Å². The van der Waals surface area contributed by atoms with Gasteiger partial charge >= 0.3 is 0 Å². The minimum atomic E-state index is -0.436. The van der Waals surface area contributed by atoms with E-state index in [-0.39, 0.29) is 5.82 Å². The molecule has 0 N–H and O–H groups in total. The van der Waals surface area contributed by atoms with Crippen molar-refractivity contribution in [3.05, 3.63) is 59.9 Å². The standard InChI is InChI=1S/C23H25FO2/c1-2-3-4-5-19-16-25-23(26-17-19)15-8-18-6-9-20(10-7-18)21-11-13-22(24)14-12-21/h6-7,9-14,19,23H,2-5,16-17H2,1H3. The lowest BCUT2D eigenvalue weighted by Crippen LogP contribution is -2.31. The first kappa shape index (κ1) is 18.6. The van der Waals surface area contributed by atoms with E-state index >= 15 is 0 Å². The van der Waals surface area contributed by atoms with Crippen molar-refractivity contribution >= 4 is 0 Å². The number of rotatable bonds is 5. The van der Waals surface area contributed by atoms with E-state index in [0.717, 1.165) is 29.9 Å². The molecule has 136 valence electrons. The summed E-state index contributed by atoms with van der Waals surface area (Å²) in [5, 5.41) is 0. The van der Waals surface area contributed by atoms with Crippen molar-refractivity contribution in [3.8, 4) is 23.0 Å². The number of hydrogen-bond acceptors (Lipinski definition) is 2. The Labute approximate surface area is 155 Å². The Morgan fingerprint density at radius 1 is 0.923 bits per heavy atom. The molecule has 0 spiro atoms. The van der Waals surface area contributed by atoms with E-state index < -0.39 is 6.29 Å². The Bertz CT molecular complexity index is 733. The minimum absolute atomic E-state index is 0.226. The van der Waals surface area contributed by atoms with Crippen molar-refractivity contribution < 1.29 is 13.9 Å². The third-order valence-electron chi connectivity index (χ3n) is 4.58. The largest absolute Gasteiger partial charge is 0.342 e. The predicted octanol–water partition coefficient (Wildman–Crippen LogP) is 5.41. The molecule has 3 rings (SSSR count). The van der Waals surface area contributed by atoms with Crippen molar-refractivity contribution in [1.29, 1.82) is 0 Å². The lowest BCUT2D eigenvalue weighted by molar-refractivity contribution is -0.170. The quantitative estimate of drug-likeness (QED) is 0.529. The van der Waals surface area contributed by atoms with Gasteiger partial charge in [0.1, 0.15) is 5.82 Å². The SMILES string of the molecule is CCCCCC1COC(C#Cc2ccc(-c3ccc(F)cc3)cc2)OC1. The topological polar surface area (TPSA) is 18.5 Å². The van der Waals surface area contributed by atoms with Gasteiger partial charge in [-0.1, -0.05) is 56.4 Å². The first-order valence-corrected chi connectivity index (χ1v) is 9.35. The maximum absolute atomic E-state index is 13.0. The van der Waals surface area contributed by atoms with Gasteiger partial charge in [-0.3, -0.25) is 0 Å². The van der Waals surface area contributed by atoms with Crippen LogP contribution in [-0.4, -0.2) is 19.5 Å². The maximum atomic E-state index is 13.0. The average Bonchev–Trinajstić information content (AvgIpc) is 2.69. The summed E-state index contributed by atoms with van der Waals surface area (Å²) >= 11 is 0. The molecule has 1 saturated heterocycles. The molecular formula is C23H25FO2. The summed E-state index contributed by atoms with van der Waals surface area (Å²) in [6, 6.07) is 14.4. The van der Waals surface area contributed by atoms with Gasteiger partial charge in [0.2, 0.25) is 6.29 Å². The molecule has 1 fully saturated rings. The second kappa shape index (κ2) is 9.52. The normalized spacial score (nSPS) is 19.6. The van der Waals surface area contributed by atoms with Crippen LogP contribution in [0.2, 0.25) is 0 Å². The van der Waals surface area contributed by atoms with E-state index in [1.807, 2.05) is 24.3 Å². The third-order valence-corrected chi connectivity index (χ3v) is 4.58. The van der Waals surface area contributed by atoms with Gasteiger partial charge in [-0.25, -0.2) is 4.39 Å². The number of halogens is 1. The van der Waals surface area contributed by atoms with Crippen molar-refractivity contribution in [2.45, 2.75) is 38.9 Å². The van der Waals surface area contributed by atoms with Crippen LogP contribution in [0.5, 0.6) is 0 Å². The van der Waals surface area contributed by atoms with Crippen molar-refractivity contribution in [2.24, 2.45) is 5.92 Å². The maximum Gasteiger partial charge on any atom is 0.222 e. The summed E-state index contributed by atoms with van der Waals surface area (Å²) in [7, 11) is 0. The molecule has 0 aliphatic carbocycles. The summed E-state index contributed by atoms with van der Waals surface area (Å²) in [4.78, 5) is 0. The van der Waals surface area contributed by atoms with Crippen LogP contribution in [0.4, 0.5) is 4.39 Å². The molecule has 0 unspecified atom stereocenters. The minimum Gasteiger partial charge on any atom is -0.342 e. The molecule has 1 aliphatic rings. The summed E-state index contributed by atoms with van der Waals surface area (Å²) in [5.41, 5.74) is 2.93. The first-order valence-electron chi connectivity index (χ1n) is 9.35. The summed E-state index contributed by atoms with van der Waals surface area (Å²) < 4.78 is 24.4. The van der Waals surface area contributed by atoms with Crippen LogP contribution >= 0.6 is 0 Å². The fourth-order valence-corrected chi connectivity index (χ4v) is 3.01. The van der Waals surface area contributed by atoms with E-state index in [9.17, 15) is 4.39 Å². The molecule has 1 heterocycles. The van der Waals surface area contributed by atoms with E-state index in [2.05, 4.69) is 18.8 Å². The summed E-state index contributed by atoms with van der Waals surface area (Å²) in [6.45, 7) is 3.67. The Kier molecular flexibility index (Phi) is 6.82. The smallest absolute Gasteiger partial charge is 0.222 e. The van der Waals surface area contributed by atoms with Gasteiger partial charge < -0.3 is 9.47 Å². The molecule has 0 aromatic heterocycles. The Hall–Kier alpha value is -2.15. The highest BCUT2D eigenvalue weighted by Crippen LogP contribution is 2.20. The fourth-order valence-electron chi connectivity index (χ4n) is 3.01. The molecule has 2 nitrogen and oxygen atoms in total. The van der Waals surface area contributed by atoms with Crippen molar-refractivity contribution in [3.63, 3.8) is 0 Å². The highest BCUT2D eigenvalue weighted by Gasteiger charge is 2.20. The average molecular weight is 352 g/mol. The van der Waals surface area contributed by atoms with Crippen LogP contribution in [-0.2, 0) is 9.47 Å². The lowest BCUT2D eigenvalue weighted by atomic mass is 10.0. The molecule has 0 radical (unpaired) electrons. The van der Waals surface area contributed by atoms with Gasteiger partial charge in [0, 0.05) is 11.5 Å². The Morgan fingerprint density at radius 2 is 1.54 bits per heavy atom. The van der Waals surface area contributed by atoms with Gasteiger partial charge in [-0.05, 0) is 47.7 Å². The van der Waals surface area contributed by atoms with E-state index in [0.29, 0.717) is 5.92 Å². The van der Waals surface area contributed by atoms with E-state index in [1.54, 1.807) is 12.1 Å². The van der Waals surface area contributed by atoms with Crippen LogP contribution in [0, 0.1) is 23.6 Å². The molecule has 0 bridgehead atoms. The highest BCUT2D eigenvalue weighted by molar-refractivity contribution is 5.64. The van der Waals surface area contributed by atoms with Gasteiger partial charge in [-0.2, -0.15) is 0 Å². The van der Waals surface area contributed by atoms with Crippen LogP contribution < -0.4 is 0 Å². The zero-order chi connectivity index (χ0) is 18.2. The zero-order valence-corrected chi connectivity index (χ0v) is 15.2. The van der Waals surface area contributed by atoms with Gasteiger partial charge in [-0.15, -0.1) is 0 Å². The number of benzene rings is 2. The van der Waals surface area contributed by atoms with Crippen LogP contribution in [0.15, 0.2) is 48.5 Å². The lowest BCUT2D eigenvalue weighted by Gasteiger charge is -2.26. The fraction of sp³-hybridized carbons (Fsp3) is 0.391. The number of unbranched alkanes of at least 4 members (excludes halogenated alkanes) is 2. The molecule has 3 heteroatoms. The molecule has 2 aromatic rings. The Morgan fingerprint density at radius 3 is 2.15 bits per heavy atom. The van der Waals surface area contributed by atoms with Crippen LogP contribution in [0.1, 0.15) is 38.2 Å². The van der Waals surface area contributed by atoms with Gasteiger partial charge in [0.15, 0.2) is 0 Å². The number of ether oxygens (including phenoxy) is 2. The molecule has 0 amide bonds. The van der Waals surface area contributed by atoms with E-state index in [1.165, 1.54) is 37.8 Å². The molecule has 1 aliphatic heterocycles. The highest BCUT2D eigenvalue weighted by atomic mass is 19.1. The first-order chi connectivity index (χ1) is 12.7. The Balaban J connectivity index is 1.52. The zero-order valence-electron chi connectivity index (χ0n) is 15.2. The second-order valence-corrected chi connectivity index (χ2v) is 6.71. The van der Waals surface area contributed by atoms with Crippen molar-refractivity contribution in [1.82, 2.24) is 0 Å². The van der Waals surface area contributed by atoms with Gasteiger partial charge in [0.05, 0.1) is 13.2 Å². The monoisotopic (exact) mass is 352 g/mol. The molecule has 26 heavy (non-hydrogen) atoms. The third kappa shape index (κ3) is 5.42. The summed E-state index contributed by atoms with van der Waals surface area (Å²) in [6.07, 6.45) is 4.48. The van der Waals surface area contributed by atoms with E-state index in [4.69, 9.17) is 9.47 Å². The number of hydrogen-bond donors (Lipinski definition) is 0.